The van der Waals surface area contributed by atoms with Gasteiger partial charge in [-0.3, -0.25) is 4.79 Å². The third-order valence-corrected chi connectivity index (χ3v) is 2.58. The number of carbonyl (C=O) groups is 1. The van der Waals surface area contributed by atoms with Gasteiger partial charge in [0.25, 0.3) is 5.91 Å². The fourth-order valence-corrected chi connectivity index (χ4v) is 1.47. The summed E-state index contributed by atoms with van der Waals surface area (Å²) in [6, 6.07) is 5.45. The summed E-state index contributed by atoms with van der Waals surface area (Å²) in [7, 11) is 0. The summed E-state index contributed by atoms with van der Waals surface area (Å²) in [5, 5.41) is 0. The molecule has 1 aromatic carbocycles. The highest BCUT2D eigenvalue weighted by molar-refractivity contribution is 5.95. The van der Waals surface area contributed by atoms with E-state index < -0.39 is 0 Å². The molecule has 1 rings (SSSR count). The van der Waals surface area contributed by atoms with Crippen LogP contribution < -0.4 is 5.73 Å². The largest absolute Gasteiger partial charge is 0.398 e. The van der Waals surface area contributed by atoms with E-state index in [0.29, 0.717) is 11.3 Å². The number of nitrogens with two attached hydrogens (primary N) is 1. The predicted octanol–water partition coefficient (Wildman–Crippen LogP) is 2.06. The Bertz CT molecular complexity index is 357. The molecule has 0 aliphatic heterocycles. The lowest BCUT2D eigenvalue weighted by Crippen LogP contribution is -2.30. The van der Waals surface area contributed by atoms with E-state index >= 15 is 0 Å². The minimum absolute atomic E-state index is 0.0479. The maximum absolute atomic E-state index is 11.9. The Morgan fingerprint density at radius 3 is 2.40 bits per heavy atom. The summed E-state index contributed by atoms with van der Waals surface area (Å²) in [6.45, 7) is 7.32. The Hall–Kier alpha value is -1.51. The monoisotopic (exact) mass is 206 g/mol. The molecule has 0 unspecified atom stereocenters. The molecule has 0 saturated heterocycles. The third-order valence-electron chi connectivity index (χ3n) is 2.58. The third kappa shape index (κ3) is 2.49. The number of nitrogens with zero attached hydrogens (tertiary/aromatic N) is 1. The van der Waals surface area contributed by atoms with Gasteiger partial charge in [-0.05, 0) is 38.5 Å². The molecule has 82 valence electrons. The molecule has 0 atom stereocenters. The van der Waals surface area contributed by atoms with Crippen molar-refractivity contribution in [3.8, 4) is 0 Å². The minimum Gasteiger partial charge on any atom is -0.398 e. The van der Waals surface area contributed by atoms with Gasteiger partial charge in [0.15, 0.2) is 0 Å². The molecule has 0 aromatic heterocycles. The van der Waals surface area contributed by atoms with Crippen LogP contribution in [0.4, 0.5) is 5.69 Å². The van der Waals surface area contributed by atoms with Gasteiger partial charge in [-0.15, -0.1) is 0 Å². The number of amides is 1. The fourth-order valence-electron chi connectivity index (χ4n) is 1.47. The first-order valence-corrected chi connectivity index (χ1v) is 5.25. The van der Waals surface area contributed by atoms with Crippen molar-refractivity contribution in [1.82, 2.24) is 4.90 Å². The number of benzene rings is 1. The van der Waals surface area contributed by atoms with Crippen LogP contribution in [0.15, 0.2) is 18.2 Å². The van der Waals surface area contributed by atoms with Gasteiger partial charge < -0.3 is 10.6 Å². The molecule has 1 amide bonds. The van der Waals surface area contributed by atoms with Gasteiger partial charge in [0.05, 0.1) is 0 Å². The molecule has 0 spiro atoms. The summed E-state index contributed by atoms with van der Waals surface area (Å²) >= 11 is 0. The van der Waals surface area contributed by atoms with Crippen LogP contribution in [0.5, 0.6) is 0 Å². The predicted molar refractivity (Wildman–Crippen MR) is 62.8 cm³/mol. The highest BCUT2D eigenvalue weighted by Crippen LogP contribution is 2.14. The van der Waals surface area contributed by atoms with Gasteiger partial charge >= 0.3 is 0 Å². The molecular formula is C12H18N2O. The zero-order valence-electron chi connectivity index (χ0n) is 9.58. The van der Waals surface area contributed by atoms with Crippen LogP contribution in [-0.2, 0) is 0 Å². The van der Waals surface area contributed by atoms with E-state index in [4.69, 9.17) is 5.73 Å². The van der Waals surface area contributed by atoms with Crippen LogP contribution in [-0.4, -0.2) is 23.9 Å². The van der Waals surface area contributed by atoms with E-state index in [9.17, 15) is 4.79 Å². The summed E-state index contributed by atoms with van der Waals surface area (Å²) < 4.78 is 0. The van der Waals surface area contributed by atoms with Crippen molar-refractivity contribution in [3.05, 3.63) is 29.3 Å². The van der Waals surface area contributed by atoms with Crippen molar-refractivity contribution in [2.24, 2.45) is 0 Å². The van der Waals surface area contributed by atoms with E-state index in [2.05, 4.69) is 0 Å². The number of rotatable bonds is 3. The van der Waals surface area contributed by atoms with Crippen molar-refractivity contribution in [1.29, 1.82) is 0 Å². The number of carbonyl (C=O) groups excluding carboxylic acids is 1. The van der Waals surface area contributed by atoms with Crippen LogP contribution in [0, 0.1) is 6.92 Å². The van der Waals surface area contributed by atoms with Gasteiger partial charge in [-0.2, -0.15) is 0 Å². The Balaban J connectivity index is 2.96. The van der Waals surface area contributed by atoms with Crippen molar-refractivity contribution >= 4 is 11.6 Å². The highest BCUT2D eigenvalue weighted by atomic mass is 16.2. The summed E-state index contributed by atoms with van der Waals surface area (Å²) in [5.74, 6) is 0.0479. The van der Waals surface area contributed by atoms with E-state index in [-0.39, 0.29) is 5.91 Å². The van der Waals surface area contributed by atoms with Gasteiger partial charge in [0.1, 0.15) is 0 Å². The van der Waals surface area contributed by atoms with Crippen LogP contribution >= 0.6 is 0 Å². The van der Waals surface area contributed by atoms with E-state index in [1.54, 1.807) is 11.0 Å². The van der Waals surface area contributed by atoms with Crippen LogP contribution in [0.3, 0.4) is 0 Å². The first-order chi connectivity index (χ1) is 7.10. The molecule has 0 aliphatic rings. The number of hydrogen-bond donors (Lipinski definition) is 1. The SMILES string of the molecule is CCN(CC)C(=O)c1ccc(C)c(N)c1. The van der Waals surface area contributed by atoms with Crippen molar-refractivity contribution in [3.63, 3.8) is 0 Å². The highest BCUT2D eigenvalue weighted by Gasteiger charge is 2.12. The summed E-state index contributed by atoms with van der Waals surface area (Å²) in [4.78, 5) is 13.7. The fraction of sp³-hybridized carbons (Fsp3) is 0.417. The molecule has 0 bridgehead atoms. The molecule has 1 aromatic rings. The second-order valence-corrected chi connectivity index (χ2v) is 3.55. The van der Waals surface area contributed by atoms with Gasteiger partial charge in [0, 0.05) is 24.3 Å². The van der Waals surface area contributed by atoms with Crippen molar-refractivity contribution in [2.45, 2.75) is 20.8 Å². The van der Waals surface area contributed by atoms with Crippen LogP contribution in [0.2, 0.25) is 0 Å². The number of nitrogen functional groups attached to an aromatic ring is 1. The molecule has 0 radical (unpaired) electrons. The molecule has 15 heavy (non-hydrogen) atoms. The Morgan fingerprint density at radius 1 is 1.33 bits per heavy atom. The van der Waals surface area contributed by atoms with Crippen molar-refractivity contribution in [2.75, 3.05) is 18.8 Å². The standard InChI is InChI=1S/C12H18N2O/c1-4-14(5-2)12(15)10-7-6-9(3)11(13)8-10/h6-8H,4-5,13H2,1-3H3. The maximum atomic E-state index is 11.9. The second-order valence-electron chi connectivity index (χ2n) is 3.55. The van der Waals surface area contributed by atoms with E-state index in [1.807, 2.05) is 32.9 Å². The summed E-state index contributed by atoms with van der Waals surface area (Å²) in [5.41, 5.74) is 8.12. The first-order valence-electron chi connectivity index (χ1n) is 5.25. The van der Waals surface area contributed by atoms with Gasteiger partial charge in [0.2, 0.25) is 0 Å². The van der Waals surface area contributed by atoms with Crippen molar-refractivity contribution < 1.29 is 4.79 Å². The second kappa shape index (κ2) is 4.82. The molecule has 3 heteroatoms. The molecule has 2 N–H and O–H groups in total. The van der Waals surface area contributed by atoms with Crippen LogP contribution in [0.25, 0.3) is 0 Å². The Kier molecular flexibility index (Phi) is 3.72. The molecular weight excluding hydrogens is 188 g/mol. The quantitative estimate of drug-likeness (QED) is 0.769. The first kappa shape index (κ1) is 11.6. The van der Waals surface area contributed by atoms with E-state index in [0.717, 1.165) is 18.7 Å². The topological polar surface area (TPSA) is 46.3 Å². The lowest BCUT2D eigenvalue weighted by Gasteiger charge is -2.18. The minimum atomic E-state index is 0.0479. The molecule has 0 heterocycles. The molecule has 0 fully saturated rings. The number of anilines is 1. The molecule has 3 nitrogen and oxygen atoms in total. The lowest BCUT2D eigenvalue weighted by atomic mass is 10.1. The average Bonchev–Trinajstić information content (AvgIpc) is 2.23. The zero-order valence-corrected chi connectivity index (χ0v) is 9.58. The lowest BCUT2D eigenvalue weighted by molar-refractivity contribution is 0.0773. The Morgan fingerprint density at radius 2 is 1.93 bits per heavy atom. The van der Waals surface area contributed by atoms with E-state index in [1.165, 1.54) is 0 Å². The van der Waals surface area contributed by atoms with Crippen LogP contribution in [0.1, 0.15) is 29.8 Å². The van der Waals surface area contributed by atoms with Gasteiger partial charge in [-0.25, -0.2) is 0 Å². The maximum Gasteiger partial charge on any atom is 0.253 e. The number of aryl methyl sites for hydroxylation is 1. The average molecular weight is 206 g/mol. The normalized spacial score (nSPS) is 10.1. The van der Waals surface area contributed by atoms with Gasteiger partial charge in [-0.1, -0.05) is 6.07 Å². The number of hydrogen-bond acceptors (Lipinski definition) is 2. The Labute approximate surface area is 90.9 Å². The zero-order chi connectivity index (χ0) is 11.4. The molecule has 0 aliphatic carbocycles. The molecule has 0 saturated carbocycles. The smallest absolute Gasteiger partial charge is 0.253 e. The summed E-state index contributed by atoms with van der Waals surface area (Å²) in [6.07, 6.45) is 0.